The zero-order valence-electron chi connectivity index (χ0n) is 12.2. The second-order valence-electron chi connectivity index (χ2n) is 4.52. The summed E-state index contributed by atoms with van der Waals surface area (Å²) in [6, 6.07) is 11.0. The Morgan fingerprint density at radius 1 is 1.30 bits per heavy atom. The topological polar surface area (TPSA) is 81.5 Å². The molecule has 1 amide bonds. The smallest absolute Gasteiger partial charge is 0.273 e. The van der Waals surface area contributed by atoms with Gasteiger partial charge in [-0.3, -0.25) is 14.9 Å². The van der Waals surface area contributed by atoms with Crippen molar-refractivity contribution < 1.29 is 14.5 Å². The maximum Gasteiger partial charge on any atom is 0.273 e. The second-order valence-corrected chi connectivity index (χ2v) is 4.96. The molecule has 0 aromatic heterocycles. The summed E-state index contributed by atoms with van der Waals surface area (Å²) in [5.41, 5.74) is 1.01. The monoisotopic (exact) mass is 332 g/mol. The number of nitrogens with zero attached hydrogens (tertiary/aromatic N) is 1. The highest BCUT2D eigenvalue weighted by molar-refractivity contribution is 6.30. The van der Waals surface area contributed by atoms with E-state index in [0.717, 1.165) is 5.56 Å². The van der Waals surface area contributed by atoms with Crippen molar-refractivity contribution in [2.45, 2.75) is 0 Å². The average molecular weight is 333 g/mol. The van der Waals surface area contributed by atoms with E-state index in [-0.39, 0.29) is 11.4 Å². The summed E-state index contributed by atoms with van der Waals surface area (Å²) in [6.07, 6.45) is 2.95. The first-order valence-electron chi connectivity index (χ1n) is 6.56. The third kappa shape index (κ3) is 4.55. The van der Waals surface area contributed by atoms with Gasteiger partial charge in [0.2, 0.25) is 5.91 Å². The highest BCUT2D eigenvalue weighted by atomic mass is 35.5. The van der Waals surface area contributed by atoms with Crippen molar-refractivity contribution >= 4 is 35.0 Å². The van der Waals surface area contributed by atoms with Crippen LogP contribution >= 0.6 is 11.6 Å². The normalized spacial score (nSPS) is 10.5. The summed E-state index contributed by atoms with van der Waals surface area (Å²) in [6.45, 7) is 0. The fraction of sp³-hybridized carbons (Fsp3) is 0.0625. The molecule has 0 heterocycles. The Kier molecular flexibility index (Phi) is 5.32. The standard InChI is InChI=1S/C16H13ClN2O4/c1-23-15-10-13(19(21)22)6-7-14(15)18-16(20)8-5-11-3-2-4-12(17)9-11/h2-10H,1H3,(H,18,20). The van der Waals surface area contributed by atoms with Crippen LogP contribution in [0.3, 0.4) is 0 Å². The number of nitro benzene ring substituents is 1. The predicted octanol–water partition coefficient (Wildman–Crippen LogP) is 3.91. The molecule has 6 nitrogen and oxygen atoms in total. The molecule has 118 valence electrons. The van der Waals surface area contributed by atoms with Gasteiger partial charge in [-0.05, 0) is 29.8 Å². The molecule has 0 unspecified atom stereocenters. The van der Waals surface area contributed by atoms with E-state index in [2.05, 4.69) is 5.32 Å². The minimum absolute atomic E-state index is 0.116. The lowest BCUT2D eigenvalue weighted by molar-refractivity contribution is -0.384. The molecular weight excluding hydrogens is 320 g/mol. The number of carbonyl (C=O) groups excluding carboxylic acids is 1. The number of halogens is 1. The van der Waals surface area contributed by atoms with Gasteiger partial charge in [0.05, 0.1) is 23.8 Å². The van der Waals surface area contributed by atoms with E-state index in [1.807, 2.05) is 6.07 Å². The van der Waals surface area contributed by atoms with Gasteiger partial charge in [0.1, 0.15) is 5.75 Å². The number of non-ortho nitro benzene ring substituents is 1. The van der Waals surface area contributed by atoms with Crippen molar-refractivity contribution in [3.63, 3.8) is 0 Å². The van der Waals surface area contributed by atoms with Gasteiger partial charge in [-0.2, -0.15) is 0 Å². The Bertz CT molecular complexity index is 774. The number of hydrogen-bond donors (Lipinski definition) is 1. The van der Waals surface area contributed by atoms with E-state index in [9.17, 15) is 14.9 Å². The summed E-state index contributed by atoms with van der Waals surface area (Å²) < 4.78 is 5.05. The van der Waals surface area contributed by atoms with E-state index < -0.39 is 10.8 Å². The number of methoxy groups -OCH3 is 1. The minimum Gasteiger partial charge on any atom is -0.494 e. The summed E-state index contributed by atoms with van der Waals surface area (Å²) in [5.74, 6) is -0.180. The fourth-order valence-corrected chi connectivity index (χ4v) is 2.05. The van der Waals surface area contributed by atoms with E-state index >= 15 is 0 Å². The molecule has 2 aromatic rings. The predicted molar refractivity (Wildman–Crippen MR) is 88.8 cm³/mol. The van der Waals surface area contributed by atoms with E-state index in [4.69, 9.17) is 16.3 Å². The largest absolute Gasteiger partial charge is 0.494 e. The van der Waals surface area contributed by atoms with Gasteiger partial charge >= 0.3 is 0 Å². The molecule has 0 aliphatic heterocycles. The van der Waals surface area contributed by atoms with Gasteiger partial charge in [0.15, 0.2) is 0 Å². The van der Waals surface area contributed by atoms with Gasteiger partial charge in [0, 0.05) is 17.2 Å². The fourth-order valence-electron chi connectivity index (χ4n) is 1.85. The number of amides is 1. The molecule has 0 bridgehead atoms. The first kappa shape index (κ1) is 16.5. The van der Waals surface area contributed by atoms with Crippen LogP contribution in [0, 0.1) is 10.1 Å². The maximum absolute atomic E-state index is 11.9. The van der Waals surface area contributed by atoms with Crippen LogP contribution in [0.5, 0.6) is 5.75 Å². The Morgan fingerprint density at radius 2 is 2.09 bits per heavy atom. The zero-order valence-corrected chi connectivity index (χ0v) is 12.9. The van der Waals surface area contributed by atoms with Crippen molar-refractivity contribution in [1.29, 1.82) is 0 Å². The molecule has 1 N–H and O–H groups in total. The van der Waals surface area contributed by atoms with E-state index in [1.54, 1.807) is 24.3 Å². The Hall–Kier alpha value is -2.86. The number of carbonyl (C=O) groups is 1. The molecule has 2 aromatic carbocycles. The molecule has 0 fully saturated rings. The lowest BCUT2D eigenvalue weighted by Gasteiger charge is -2.08. The number of benzene rings is 2. The highest BCUT2D eigenvalue weighted by Crippen LogP contribution is 2.29. The third-order valence-electron chi connectivity index (χ3n) is 2.93. The van der Waals surface area contributed by atoms with Gasteiger partial charge < -0.3 is 10.1 Å². The zero-order chi connectivity index (χ0) is 16.8. The SMILES string of the molecule is COc1cc([N+](=O)[O-])ccc1NC(=O)C=Cc1cccc(Cl)c1. The lowest BCUT2D eigenvalue weighted by atomic mass is 10.2. The van der Waals surface area contributed by atoms with Crippen molar-refractivity contribution in [2.24, 2.45) is 0 Å². The van der Waals surface area contributed by atoms with E-state index in [1.165, 1.54) is 31.4 Å². The lowest BCUT2D eigenvalue weighted by Crippen LogP contribution is -2.09. The Labute approximate surface area is 137 Å². The molecule has 0 saturated heterocycles. The number of ether oxygens (including phenoxy) is 1. The van der Waals surface area contributed by atoms with Gasteiger partial charge in [-0.15, -0.1) is 0 Å². The maximum atomic E-state index is 11.9. The van der Waals surface area contributed by atoms with Crippen molar-refractivity contribution in [3.8, 4) is 5.75 Å². The molecular formula is C16H13ClN2O4. The molecule has 23 heavy (non-hydrogen) atoms. The molecule has 7 heteroatoms. The van der Waals surface area contributed by atoms with Crippen LogP contribution in [-0.2, 0) is 4.79 Å². The van der Waals surface area contributed by atoms with Crippen LogP contribution in [0.15, 0.2) is 48.5 Å². The number of nitrogens with one attached hydrogen (secondary N) is 1. The minimum atomic E-state index is -0.535. The number of hydrogen-bond acceptors (Lipinski definition) is 4. The Balaban J connectivity index is 2.12. The van der Waals surface area contributed by atoms with Crippen LogP contribution in [0.2, 0.25) is 5.02 Å². The Morgan fingerprint density at radius 3 is 2.74 bits per heavy atom. The number of nitro groups is 1. The van der Waals surface area contributed by atoms with Gasteiger partial charge in [-0.1, -0.05) is 23.7 Å². The highest BCUT2D eigenvalue weighted by Gasteiger charge is 2.12. The first-order valence-corrected chi connectivity index (χ1v) is 6.94. The molecule has 0 aliphatic rings. The van der Waals surface area contributed by atoms with Crippen LogP contribution in [-0.4, -0.2) is 17.9 Å². The summed E-state index contributed by atoms with van der Waals surface area (Å²) in [4.78, 5) is 22.1. The molecule has 0 spiro atoms. The number of rotatable bonds is 5. The van der Waals surface area contributed by atoms with Crippen molar-refractivity contribution in [1.82, 2.24) is 0 Å². The molecule has 2 rings (SSSR count). The second kappa shape index (κ2) is 7.42. The summed E-state index contributed by atoms with van der Waals surface area (Å²) in [5, 5.41) is 13.9. The van der Waals surface area contributed by atoms with Crippen LogP contribution in [0.4, 0.5) is 11.4 Å². The molecule has 0 saturated carbocycles. The third-order valence-corrected chi connectivity index (χ3v) is 3.16. The number of anilines is 1. The van der Waals surface area contributed by atoms with Crippen LogP contribution in [0.25, 0.3) is 6.08 Å². The van der Waals surface area contributed by atoms with Gasteiger partial charge in [0.25, 0.3) is 5.69 Å². The molecule has 0 atom stereocenters. The quantitative estimate of drug-likeness (QED) is 0.511. The first-order chi connectivity index (χ1) is 11.0. The van der Waals surface area contributed by atoms with Crippen molar-refractivity contribution in [3.05, 3.63) is 69.2 Å². The average Bonchev–Trinajstić information content (AvgIpc) is 2.53. The molecule has 0 radical (unpaired) electrons. The van der Waals surface area contributed by atoms with Crippen LogP contribution in [0.1, 0.15) is 5.56 Å². The van der Waals surface area contributed by atoms with Crippen LogP contribution < -0.4 is 10.1 Å². The van der Waals surface area contributed by atoms with Crippen molar-refractivity contribution in [2.75, 3.05) is 12.4 Å². The summed E-state index contributed by atoms with van der Waals surface area (Å²) >= 11 is 5.86. The van der Waals surface area contributed by atoms with Gasteiger partial charge in [-0.25, -0.2) is 0 Å². The van der Waals surface area contributed by atoms with E-state index in [0.29, 0.717) is 10.7 Å². The molecule has 0 aliphatic carbocycles. The summed E-state index contributed by atoms with van der Waals surface area (Å²) in [7, 11) is 1.37.